The van der Waals surface area contributed by atoms with Crippen molar-refractivity contribution in [3.05, 3.63) is 65.2 Å². The SMILES string of the molecule is Fc1cc(Cl)ccc1[I+]c1ccc(Cl)cc1F.O=S(=O)([O-])C(F)(F)F. The average molecular weight is 535 g/mol. The van der Waals surface area contributed by atoms with Gasteiger partial charge in [0.1, 0.15) is 0 Å². The fourth-order valence-electron chi connectivity index (χ4n) is 1.20. The van der Waals surface area contributed by atoms with Gasteiger partial charge in [0.2, 0.25) is 7.14 Å². The van der Waals surface area contributed by atoms with E-state index in [4.69, 9.17) is 36.2 Å². The monoisotopic (exact) mass is 534 g/mol. The van der Waals surface area contributed by atoms with Crippen LogP contribution in [0, 0.1) is 18.8 Å². The van der Waals surface area contributed by atoms with Crippen LogP contribution in [0.4, 0.5) is 22.0 Å². The summed E-state index contributed by atoms with van der Waals surface area (Å²) in [4.78, 5) is 0. The van der Waals surface area contributed by atoms with Crippen molar-refractivity contribution in [1.82, 2.24) is 0 Å². The Morgan fingerprint density at radius 3 is 1.44 bits per heavy atom. The molecule has 0 saturated carbocycles. The van der Waals surface area contributed by atoms with Crippen LogP contribution in [0.1, 0.15) is 0 Å². The van der Waals surface area contributed by atoms with E-state index in [0.29, 0.717) is 17.2 Å². The summed E-state index contributed by atoms with van der Waals surface area (Å²) in [7, 11) is -6.09. The molecule has 25 heavy (non-hydrogen) atoms. The first-order chi connectivity index (χ1) is 11.3. The molecule has 0 fully saturated rings. The average Bonchev–Trinajstić information content (AvgIpc) is 2.43. The molecular formula is C13H6Cl2F5IO3S. The van der Waals surface area contributed by atoms with Gasteiger partial charge in [0.15, 0.2) is 21.8 Å². The summed E-state index contributed by atoms with van der Waals surface area (Å²) >= 11 is 10.4. The third-order valence-electron chi connectivity index (χ3n) is 2.25. The lowest BCUT2D eigenvalue weighted by atomic mass is 10.3. The number of benzene rings is 2. The lowest BCUT2D eigenvalue weighted by Crippen LogP contribution is -3.62. The molecule has 2 aromatic rings. The van der Waals surface area contributed by atoms with E-state index in [9.17, 15) is 22.0 Å². The predicted octanol–water partition coefficient (Wildman–Crippen LogP) is 1.45. The zero-order valence-electron chi connectivity index (χ0n) is 11.6. The first-order valence-corrected chi connectivity index (χ1v) is 10.2. The highest BCUT2D eigenvalue weighted by Crippen LogP contribution is 2.20. The maximum Gasteiger partial charge on any atom is 0.485 e. The van der Waals surface area contributed by atoms with Crippen molar-refractivity contribution in [3.63, 3.8) is 0 Å². The molecule has 0 bridgehead atoms. The largest absolute Gasteiger partial charge is 0.741 e. The molecule has 0 saturated heterocycles. The van der Waals surface area contributed by atoms with Crippen LogP contribution in [0.15, 0.2) is 36.4 Å². The quantitative estimate of drug-likeness (QED) is 0.193. The first-order valence-electron chi connectivity index (χ1n) is 5.88. The van der Waals surface area contributed by atoms with E-state index in [1.807, 2.05) is 0 Å². The Labute approximate surface area is 159 Å². The Morgan fingerprint density at radius 2 is 1.20 bits per heavy atom. The van der Waals surface area contributed by atoms with Gasteiger partial charge in [0.25, 0.3) is 0 Å². The summed E-state index contributed by atoms with van der Waals surface area (Å²) in [5, 5.41) is 0.679. The highest BCUT2D eigenvalue weighted by molar-refractivity contribution is 7.86. The molecule has 12 heteroatoms. The van der Waals surface area contributed by atoms with Crippen molar-refractivity contribution in [2.24, 2.45) is 0 Å². The van der Waals surface area contributed by atoms with Crippen molar-refractivity contribution in [2.75, 3.05) is 0 Å². The van der Waals surface area contributed by atoms with Crippen LogP contribution in [-0.2, 0) is 10.1 Å². The minimum atomic E-state index is -6.09. The Bertz CT molecular complexity index is 810. The Morgan fingerprint density at radius 1 is 0.880 bits per heavy atom. The van der Waals surface area contributed by atoms with E-state index in [1.165, 1.54) is 12.1 Å². The van der Waals surface area contributed by atoms with Gasteiger partial charge in [0.05, 0.1) is 0 Å². The van der Waals surface area contributed by atoms with Gasteiger partial charge < -0.3 is 4.55 Å². The molecule has 3 nitrogen and oxygen atoms in total. The second-order valence-electron chi connectivity index (χ2n) is 4.11. The van der Waals surface area contributed by atoms with Gasteiger partial charge in [-0.15, -0.1) is 0 Å². The minimum absolute atomic E-state index is 0.340. The molecule has 0 aromatic heterocycles. The van der Waals surface area contributed by atoms with Crippen molar-refractivity contribution in [2.45, 2.75) is 5.51 Å². The standard InChI is InChI=1S/C12H6Cl2F2I.CHF3O3S/c13-7-1-3-11(9(15)5-7)17-12-4-2-8(14)6-10(12)16;2-1(3,4)8(5,6)7/h1-6H;(H,5,6,7)/q+1;/p-1. The van der Waals surface area contributed by atoms with E-state index in [1.54, 1.807) is 24.3 Å². The molecular weight excluding hydrogens is 529 g/mol. The van der Waals surface area contributed by atoms with Crippen LogP contribution in [0.5, 0.6) is 0 Å². The molecule has 0 aliphatic carbocycles. The smallest absolute Gasteiger partial charge is 0.485 e. The summed E-state index contributed by atoms with van der Waals surface area (Å²) in [5.74, 6) is -0.778. The lowest BCUT2D eigenvalue weighted by molar-refractivity contribution is -0.603. The number of hydrogen-bond donors (Lipinski definition) is 0. The highest BCUT2D eigenvalue weighted by atomic mass is 127. The maximum absolute atomic E-state index is 13.5. The Balaban J connectivity index is 0.000000333. The van der Waals surface area contributed by atoms with E-state index in [0.717, 1.165) is 0 Å². The number of alkyl halides is 3. The Kier molecular flexibility index (Phi) is 7.87. The van der Waals surface area contributed by atoms with Gasteiger partial charge in [-0.1, -0.05) is 23.2 Å². The number of hydrogen-bond acceptors (Lipinski definition) is 3. The van der Waals surface area contributed by atoms with Crippen LogP contribution in [0.2, 0.25) is 10.0 Å². The van der Waals surface area contributed by atoms with Crippen molar-refractivity contribution < 1.29 is 56.1 Å². The fourth-order valence-corrected chi connectivity index (χ4v) is 3.69. The van der Waals surface area contributed by atoms with Crippen molar-refractivity contribution >= 4 is 33.3 Å². The molecule has 138 valence electrons. The molecule has 0 aliphatic heterocycles. The van der Waals surface area contributed by atoms with Crippen LogP contribution >= 0.6 is 23.2 Å². The number of halogens is 8. The molecule has 0 N–H and O–H groups in total. The van der Waals surface area contributed by atoms with E-state index < -0.39 is 36.8 Å². The molecule has 0 atom stereocenters. The molecule has 0 amide bonds. The summed E-state index contributed by atoms with van der Waals surface area (Å²) in [6, 6.07) is 8.88. The van der Waals surface area contributed by atoms with Gasteiger partial charge in [0, 0.05) is 10.0 Å². The summed E-state index contributed by atoms with van der Waals surface area (Å²) in [6.07, 6.45) is 0. The zero-order valence-corrected chi connectivity index (χ0v) is 16.1. The van der Waals surface area contributed by atoms with E-state index in [2.05, 4.69) is 0 Å². The molecule has 0 radical (unpaired) electrons. The third kappa shape index (κ3) is 7.21. The summed E-state index contributed by atoms with van der Waals surface area (Å²) in [6.45, 7) is 0. The van der Waals surface area contributed by atoms with E-state index in [-0.39, 0.29) is 11.6 Å². The second kappa shape index (κ2) is 8.80. The van der Waals surface area contributed by atoms with Crippen molar-refractivity contribution in [1.29, 1.82) is 0 Å². The molecule has 0 heterocycles. The first kappa shape index (κ1) is 22.4. The van der Waals surface area contributed by atoms with Gasteiger partial charge in [-0.25, -0.2) is 17.2 Å². The molecule has 2 rings (SSSR count). The normalized spacial score (nSPS) is 11.7. The Hall–Kier alpha value is -0.690. The van der Waals surface area contributed by atoms with Crippen LogP contribution < -0.4 is 21.2 Å². The number of rotatable bonds is 2. The second-order valence-corrected chi connectivity index (χ2v) is 9.22. The fraction of sp³-hybridized carbons (Fsp3) is 0.0769. The molecule has 0 aliphatic rings. The maximum atomic E-state index is 13.5. The predicted molar refractivity (Wildman–Crippen MR) is 76.0 cm³/mol. The van der Waals surface area contributed by atoms with Gasteiger partial charge in [-0.2, -0.15) is 13.2 Å². The van der Waals surface area contributed by atoms with Gasteiger partial charge in [-0.05, 0) is 36.4 Å². The molecule has 0 spiro atoms. The van der Waals surface area contributed by atoms with Crippen LogP contribution in [0.3, 0.4) is 0 Å². The zero-order chi connectivity index (χ0) is 19.4. The molecule has 0 unspecified atom stereocenters. The minimum Gasteiger partial charge on any atom is -0.741 e. The topological polar surface area (TPSA) is 57.2 Å². The summed E-state index contributed by atoms with van der Waals surface area (Å²) in [5.41, 5.74) is -5.65. The van der Waals surface area contributed by atoms with Crippen molar-refractivity contribution in [3.8, 4) is 0 Å². The lowest BCUT2D eigenvalue weighted by Gasteiger charge is -2.08. The highest BCUT2D eigenvalue weighted by Gasteiger charge is 2.36. The van der Waals surface area contributed by atoms with Crippen LogP contribution in [-0.4, -0.2) is 18.5 Å². The van der Waals surface area contributed by atoms with Gasteiger partial charge >= 0.3 is 26.7 Å². The van der Waals surface area contributed by atoms with Gasteiger partial charge in [-0.3, -0.25) is 0 Å². The van der Waals surface area contributed by atoms with E-state index >= 15 is 0 Å². The van der Waals surface area contributed by atoms with Crippen LogP contribution in [0.25, 0.3) is 0 Å². The molecule has 2 aromatic carbocycles. The summed E-state index contributed by atoms with van der Waals surface area (Å²) < 4.78 is 87.0. The third-order valence-corrected chi connectivity index (χ3v) is 6.20.